The van der Waals surface area contributed by atoms with Gasteiger partial charge in [-0.2, -0.15) is 0 Å². The van der Waals surface area contributed by atoms with E-state index in [0.717, 1.165) is 16.9 Å². The molecule has 0 amide bonds. The smallest absolute Gasteiger partial charge is 0.126 e. The number of rotatable bonds is 3. The fraction of sp³-hybridized carbons (Fsp3) is 0.200. The van der Waals surface area contributed by atoms with Gasteiger partial charge < -0.3 is 4.74 Å². The molecule has 0 aromatic heterocycles. The number of benzene rings is 2. The van der Waals surface area contributed by atoms with Crippen molar-refractivity contribution in [3.63, 3.8) is 0 Å². The van der Waals surface area contributed by atoms with E-state index >= 15 is 0 Å². The minimum Gasteiger partial charge on any atom is -0.496 e. The van der Waals surface area contributed by atoms with Gasteiger partial charge in [-0.3, -0.25) is 0 Å². The number of ether oxygens (including phenoxy) is 1. The van der Waals surface area contributed by atoms with E-state index in [1.807, 2.05) is 25.1 Å². The summed E-state index contributed by atoms with van der Waals surface area (Å²) in [5.41, 5.74) is 2.23. The van der Waals surface area contributed by atoms with Crippen molar-refractivity contribution in [3.05, 3.63) is 47.5 Å². The Morgan fingerprint density at radius 1 is 1.24 bits per heavy atom. The van der Waals surface area contributed by atoms with Crippen LogP contribution in [0, 0.1) is 0 Å². The highest BCUT2D eigenvalue weighted by Gasteiger charge is 2.05. The molecule has 0 saturated heterocycles. The molecule has 0 N–H and O–H groups in total. The van der Waals surface area contributed by atoms with Crippen LogP contribution in [0.5, 0.6) is 5.75 Å². The van der Waals surface area contributed by atoms with E-state index in [1.54, 1.807) is 7.11 Å². The second kappa shape index (κ2) is 5.24. The van der Waals surface area contributed by atoms with Crippen LogP contribution < -0.4 is 4.74 Å². The van der Waals surface area contributed by atoms with Crippen LogP contribution in [0.25, 0.3) is 16.8 Å². The van der Waals surface area contributed by atoms with Gasteiger partial charge in [-0.15, -0.1) is 11.6 Å². The summed E-state index contributed by atoms with van der Waals surface area (Å²) in [6.45, 7) is 2.02. The molecule has 2 aromatic carbocycles. The molecule has 0 spiro atoms. The average molecular weight is 247 g/mol. The van der Waals surface area contributed by atoms with Crippen molar-refractivity contribution >= 4 is 28.4 Å². The van der Waals surface area contributed by atoms with E-state index in [4.69, 9.17) is 16.3 Å². The zero-order valence-electron chi connectivity index (χ0n) is 10.0. The number of hydrogen-bond acceptors (Lipinski definition) is 1. The van der Waals surface area contributed by atoms with Gasteiger partial charge in [0.15, 0.2) is 0 Å². The fourth-order valence-corrected chi connectivity index (χ4v) is 1.96. The lowest BCUT2D eigenvalue weighted by atomic mass is 10.0. The third-order valence-corrected chi connectivity index (χ3v) is 3.17. The van der Waals surface area contributed by atoms with Crippen molar-refractivity contribution in [2.75, 3.05) is 13.0 Å². The molecule has 0 aliphatic rings. The summed E-state index contributed by atoms with van der Waals surface area (Å²) in [5.74, 6) is 1.42. The van der Waals surface area contributed by atoms with Gasteiger partial charge in [0.05, 0.1) is 7.11 Å². The molecule has 0 heterocycles. The predicted molar refractivity (Wildman–Crippen MR) is 74.9 cm³/mol. The molecule has 0 aliphatic heterocycles. The largest absolute Gasteiger partial charge is 0.496 e. The van der Waals surface area contributed by atoms with Crippen LogP contribution in [0.4, 0.5) is 0 Å². The molecular weight excluding hydrogens is 232 g/mol. The third-order valence-electron chi connectivity index (χ3n) is 2.75. The Hall–Kier alpha value is -1.47. The number of hydrogen-bond donors (Lipinski definition) is 0. The Bertz CT molecular complexity index is 558. The van der Waals surface area contributed by atoms with Gasteiger partial charge in [0.2, 0.25) is 0 Å². The lowest BCUT2D eigenvalue weighted by Crippen LogP contribution is -1.89. The van der Waals surface area contributed by atoms with Gasteiger partial charge in [-0.05, 0) is 23.8 Å². The molecular formula is C15H15ClO. The highest BCUT2D eigenvalue weighted by atomic mass is 35.5. The van der Waals surface area contributed by atoms with Crippen molar-refractivity contribution < 1.29 is 4.74 Å². The molecule has 0 bridgehead atoms. The summed E-state index contributed by atoms with van der Waals surface area (Å²) in [4.78, 5) is 0. The van der Waals surface area contributed by atoms with Gasteiger partial charge in [-0.25, -0.2) is 0 Å². The maximum absolute atomic E-state index is 5.84. The first-order valence-electron chi connectivity index (χ1n) is 5.55. The Kier molecular flexibility index (Phi) is 3.70. The molecule has 0 aliphatic carbocycles. The summed E-state index contributed by atoms with van der Waals surface area (Å²) < 4.78 is 5.41. The average Bonchev–Trinajstić information content (AvgIpc) is 2.39. The predicted octanol–water partition coefficient (Wildman–Crippen LogP) is 4.49. The standard InChI is InChI=1S/C15H15ClO/c1-11(10-16)9-14-13-6-4-3-5-12(13)7-8-15(14)17-2/h3-9H,10H2,1-2H3. The number of alkyl halides is 1. The van der Waals surface area contributed by atoms with Crippen LogP contribution in [0.15, 0.2) is 42.0 Å². The van der Waals surface area contributed by atoms with Crippen LogP contribution in [-0.4, -0.2) is 13.0 Å². The summed E-state index contributed by atoms with van der Waals surface area (Å²) in [7, 11) is 1.69. The Balaban J connectivity index is 2.71. The van der Waals surface area contributed by atoms with Gasteiger partial charge in [0, 0.05) is 11.4 Å². The maximum Gasteiger partial charge on any atom is 0.126 e. The van der Waals surface area contributed by atoms with E-state index in [-0.39, 0.29) is 0 Å². The highest BCUT2D eigenvalue weighted by Crippen LogP contribution is 2.30. The third kappa shape index (κ3) is 2.45. The first-order valence-corrected chi connectivity index (χ1v) is 6.08. The van der Waals surface area contributed by atoms with E-state index in [9.17, 15) is 0 Å². The van der Waals surface area contributed by atoms with Crippen LogP contribution in [0.1, 0.15) is 12.5 Å². The fourth-order valence-electron chi connectivity index (χ4n) is 1.89. The van der Waals surface area contributed by atoms with Gasteiger partial charge in [0.25, 0.3) is 0 Å². The van der Waals surface area contributed by atoms with Crippen LogP contribution >= 0.6 is 11.6 Å². The van der Waals surface area contributed by atoms with Crippen LogP contribution in [0.3, 0.4) is 0 Å². The second-order valence-electron chi connectivity index (χ2n) is 4.03. The zero-order chi connectivity index (χ0) is 12.3. The SMILES string of the molecule is COc1ccc2ccccc2c1C=C(C)CCl. The zero-order valence-corrected chi connectivity index (χ0v) is 10.8. The number of allylic oxidation sites excluding steroid dienone is 1. The molecule has 2 aromatic rings. The monoisotopic (exact) mass is 246 g/mol. The van der Waals surface area contributed by atoms with Crippen molar-refractivity contribution in [1.82, 2.24) is 0 Å². The highest BCUT2D eigenvalue weighted by molar-refractivity contribution is 6.19. The molecule has 0 unspecified atom stereocenters. The summed E-state index contributed by atoms with van der Waals surface area (Å²) >= 11 is 5.84. The molecule has 2 heteroatoms. The summed E-state index contributed by atoms with van der Waals surface area (Å²) in [5, 5.41) is 2.40. The van der Waals surface area contributed by atoms with E-state index in [0.29, 0.717) is 5.88 Å². The van der Waals surface area contributed by atoms with Gasteiger partial charge in [0.1, 0.15) is 5.75 Å². The quantitative estimate of drug-likeness (QED) is 0.725. The minimum atomic E-state index is 0.534. The van der Waals surface area contributed by atoms with Gasteiger partial charge >= 0.3 is 0 Å². The van der Waals surface area contributed by atoms with Crippen molar-refractivity contribution in [2.45, 2.75) is 6.92 Å². The molecule has 0 fully saturated rings. The first kappa shape index (κ1) is 12.0. The summed E-state index contributed by atoms with van der Waals surface area (Å²) in [6, 6.07) is 12.3. The first-order chi connectivity index (χ1) is 8.26. The number of fused-ring (bicyclic) bond motifs is 1. The van der Waals surface area contributed by atoms with E-state index in [1.165, 1.54) is 10.8 Å². The summed E-state index contributed by atoms with van der Waals surface area (Å²) in [6.07, 6.45) is 2.09. The topological polar surface area (TPSA) is 9.23 Å². The molecule has 1 nitrogen and oxygen atoms in total. The van der Waals surface area contributed by atoms with Crippen molar-refractivity contribution in [2.24, 2.45) is 0 Å². The molecule has 0 saturated carbocycles. The van der Waals surface area contributed by atoms with Crippen LogP contribution in [0.2, 0.25) is 0 Å². The van der Waals surface area contributed by atoms with Crippen LogP contribution in [-0.2, 0) is 0 Å². The normalized spacial score (nSPS) is 11.8. The van der Waals surface area contributed by atoms with Crippen molar-refractivity contribution in [1.29, 1.82) is 0 Å². The molecule has 88 valence electrons. The number of halogens is 1. The van der Waals surface area contributed by atoms with E-state index < -0.39 is 0 Å². The second-order valence-corrected chi connectivity index (χ2v) is 4.29. The maximum atomic E-state index is 5.84. The lowest BCUT2D eigenvalue weighted by Gasteiger charge is -2.09. The Morgan fingerprint density at radius 2 is 2.00 bits per heavy atom. The van der Waals surface area contributed by atoms with Gasteiger partial charge in [-0.1, -0.05) is 42.0 Å². The molecule has 0 atom stereocenters. The Morgan fingerprint density at radius 3 is 2.71 bits per heavy atom. The molecule has 0 radical (unpaired) electrons. The molecule has 17 heavy (non-hydrogen) atoms. The Labute approximate surface area is 107 Å². The van der Waals surface area contributed by atoms with Crippen molar-refractivity contribution in [3.8, 4) is 5.75 Å². The lowest BCUT2D eigenvalue weighted by molar-refractivity contribution is 0.414. The molecule has 2 rings (SSSR count). The van der Waals surface area contributed by atoms with E-state index in [2.05, 4.69) is 24.3 Å². The minimum absolute atomic E-state index is 0.534. The number of methoxy groups -OCH3 is 1.